The van der Waals surface area contributed by atoms with Crippen LogP contribution in [0, 0.1) is 13.8 Å². The summed E-state index contributed by atoms with van der Waals surface area (Å²) in [5.41, 5.74) is 2.65. The Balaban J connectivity index is 1.61. The zero-order valence-electron chi connectivity index (χ0n) is 19.1. The van der Waals surface area contributed by atoms with Crippen LogP contribution in [0.2, 0.25) is 0 Å². The van der Waals surface area contributed by atoms with Gasteiger partial charge in [-0.15, -0.1) is 0 Å². The fourth-order valence-electron chi connectivity index (χ4n) is 3.91. The lowest BCUT2D eigenvalue weighted by molar-refractivity contribution is -0.122. The second-order valence-electron chi connectivity index (χ2n) is 9.23. The molecule has 31 heavy (non-hydrogen) atoms. The molecule has 0 aliphatic carbocycles. The van der Waals surface area contributed by atoms with Crippen LogP contribution in [-0.4, -0.2) is 56.3 Å². The van der Waals surface area contributed by atoms with Crippen LogP contribution < -0.4 is 5.32 Å². The molecule has 2 aromatic rings. The van der Waals surface area contributed by atoms with E-state index in [0.29, 0.717) is 43.4 Å². The Bertz CT molecular complexity index is 993. The number of hydrogen-bond donors (Lipinski definition) is 1. The van der Waals surface area contributed by atoms with Crippen molar-refractivity contribution in [3.8, 4) is 0 Å². The Kier molecular flexibility index (Phi) is 6.93. The van der Waals surface area contributed by atoms with Gasteiger partial charge in [-0.05, 0) is 48.1 Å². The van der Waals surface area contributed by atoms with E-state index in [1.165, 1.54) is 4.31 Å². The lowest BCUT2D eigenvalue weighted by Gasteiger charge is -2.34. The number of amides is 1. The van der Waals surface area contributed by atoms with Crippen molar-refractivity contribution in [2.24, 2.45) is 0 Å². The third-order valence-corrected chi connectivity index (χ3v) is 7.87. The second-order valence-corrected chi connectivity index (χ2v) is 11.1. The maximum Gasteiger partial charge on any atom is 0.243 e. The largest absolute Gasteiger partial charge is 0.467 e. The molecule has 1 aliphatic heterocycles. The number of carbonyl (C=O) groups is 1. The summed E-state index contributed by atoms with van der Waals surface area (Å²) in [5, 5.41) is 2.83. The Labute approximate surface area is 185 Å². The maximum atomic E-state index is 13.4. The van der Waals surface area contributed by atoms with E-state index >= 15 is 0 Å². The van der Waals surface area contributed by atoms with Gasteiger partial charge in [-0.2, -0.15) is 4.31 Å². The molecule has 0 radical (unpaired) electrons. The molecule has 0 unspecified atom stereocenters. The van der Waals surface area contributed by atoms with Crippen LogP contribution in [0.4, 0.5) is 0 Å². The van der Waals surface area contributed by atoms with Crippen molar-refractivity contribution >= 4 is 15.9 Å². The number of nitrogens with one attached hydrogen (secondary N) is 1. The number of rotatable bonds is 6. The third-order valence-electron chi connectivity index (χ3n) is 5.66. The number of furan rings is 1. The number of carbonyl (C=O) groups excluding carboxylic acids is 1. The standard InChI is InChI=1S/C23H33N3O4S/c1-17-13-19(23(3,4)5)14-18(2)22(17)31(28,29)26-10-8-25(9-11-26)16-21(27)24-15-20-7-6-12-30-20/h6-7,12-14H,8-11,15-16H2,1-5H3,(H,24,27). The molecule has 1 amide bonds. The van der Waals surface area contributed by atoms with Crippen LogP contribution in [0.25, 0.3) is 0 Å². The molecule has 0 bridgehead atoms. The van der Waals surface area contributed by atoms with Crippen LogP contribution in [0.5, 0.6) is 0 Å². The normalized spacial score (nSPS) is 16.4. The van der Waals surface area contributed by atoms with Crippen molar-refractivity contribution in [1.82, 2.24) is 14.5 Å². The summed E-state index contributed by atoms with van der Waals surface area (Å²) in [6.45, 7) is 12.5. The molecule has 8 heteroatoms. The molecule has 3 rings (SSSR count). The highest BCUT2D eigenvalue weighted by atomic mass is 32.2. The first-order valence-corrected chi connectivity index (χ1v) is 12.1. The van der Waals surface area contributed by atoms with E-state index in [0.717, 1.165) is 16.7 Å². The highest BCUT2D eigenvalue weighted by molar-refractivity contribution is 7.89. The molecular formula is C23H33N3O4S. The number of nitrogens with zero attached hydrogens (tertiary/aromatic N) is 2. The van der Waals surface area contributed by atoms with Gasteiger partial charge in [-0.3, -0.25) is 9.69 Å². The summed E-state index contributed by atoms with van der Waals surface area (Å²) in [6, 6.07) is 7.56. The van der Waals surface area contributed by atoms with Gasteiger partial charge in [0.05, 0.1) is 24.2 Å². The molecule has 1 fully saturated rings. The molecule has 0 spiro atoms. The van der Waals surface area contributed by atoms with Crippen LogP contribution in [0.1, 0.15) is 43.2 Å². The Morgan fingerprint density at radius 2 is 1.71 bits per heavy atom. The van der Waals surface area contributed by atoms with Crippen LogP contribution in [0.15, 0.2) is 39.8 Å². The summed E-state index contributed by atoms with van der Waals surface area (Å²) in [6.07, 6.45) is 1.57. The Morgan fingerprint density at radius 1 is 1.10 bits per heavy atom. The fourth-order valence-corrected chi connectivity index (χ4v) is 5.74. The Morgan fingerprint density at radius 3 is 2.23 bits per heavy atom. The summed E-state index contributed by atoms with van der Waals surface area (Å²) < 4.78 is 33.5. The number of piperazine rings is 1. The molecule has 7 nitrogen and oxygen atoms in total. The fraction of sp³-hybridized carbons (Fsp3) is 0.522. The van der Waals surface area contributed by atoms with Gasteiger partial charge in [0.15, 0.2) is 0 Å². The summed E-state index contributed by atoms with van der Waals surface area (Å²) in [5.74, 6) is 0.602. The van der Waals surface area contributed by atoms with Crippen molar-refractivity contribution in [3.05, 3.63) is 53.0 Å². The topological polar surface area (TPSA) is 82.9 Å². The minimum Gasteiger partial charge on any atom is -0.467 e. The SMILES string of the molecule is Cc1cc(C(C)(C)C)cc(C)c1S(=O)(=O)N1CCN(CC(=O)NCc2ccco2)CC1. The van der Waals surface area contributed by atoms with Gasteiger partial charge in [0.2, 0.25) is 15.9 Å². The summed E-state index contributed by atoms with van der Waals surface area (Å²) in [4.78, 5) is 14.6. The van der Waals surface area contributed by atoms with E-state index in [-0.39, 0.29) is 17.9 Å². The Hall–Kier alpha value is -2.16. The first kappa shape index (κ1) is 23.5. The molecule has 1 aliphatic rings. The van der Waals surface area contributed by atoms with Crippen molar-refractivity contribution in [1.29, 1.82) is 0 Å². The number of sulfonamides is 1. The van der Waals surface area contributed by atoms with Crippen LogP contribution in [0.3, 0.4) is 0 Å². The second kappa shape index (κ2) is 9.14. The quantitative estimate of drug-likeness (QED) is 0.736. The minimum absolute atomic E-state index is 0.0407. The van der Waals surface area contributed by atoms with E-state index in [2.05, 4.69) is 26.1 Å². The molecule has 1 saturated heterocycles. The molecule has 170 valence electrons. The van der Waals surface area contributed by atoms with Gasteiger partial charge >= 0.3 is 0 Å². The maximum absolute atomic E-state index is 13.4. The lowest BCUT2D eigenvalue weighted by atomic mass is 9.85. The predicted molar refractivity (Wildman–Crippen MR) is 120 cm³/mol. The van der Waals surface area contributed by atoms with E-state index < -0.39 is 10.0 Å². The van der Waals surface area contributed by atoms with Gasteiger partial charge in [-0.1, -0.05) is 32.9 Å². The van der Waals surface area contributed by atoms with Gasteiger partial charge in [0, 0.05) is 26.2 Å². The van der Waals surface area contributed by atoms with E-state index in [1.54, 1.807) is 12.3 Å². The molecule has 1 aromatic carbocycles. The van der Waals surface area contributed by atoms with Gasteiger partial charge in [-0.25, -0.2) is 8.42 Å². The minimum atomic E-state index is -3.58. The van der Waals surface area contributed by atoms with Gasteiger partial charge in [0.25, 0.3) is 0 Å². The molecule has 0 saturated carbocycles. The average Bonchev–Trinajstić information content (AvgIpc) is 3.19. The average molecular weight is 448 g/mol. The zero-order valence-corrected chi connectivity index (χ0v) is 19.9. The van der Waals surface area contributed by atoms with E-state index in [1.807, 2.05) is 36.9 Å². The van der Waals surface area contributed by atoms with E-state index in [9.17, 15) is 13.2 Å². The molecule has 1 aromatic heterocycles. The predicted octanol–water partition coefficient (Wildman–Crippen LogP) is 2.82. The molecule has 2 heterocycles. The van der Waals surface area contributed by atoms with Crippen molar-refractivity contribution in [2.75, 3.05) is 32.7 Å². The van der Waals surface area contributed by atoms with E-state index in [4.69, 9.17) is 4.42 Å². The number of benzene rings is 1. The number of aryl methyl sites for hydroxylation is 2. The first-order chi connectivity index (χ1) is 14.5. The van der Waals surface area contributed by atoms with Crippen molar-refractivity contribution in [3.63, 3.8) is 0 Å². The smallest absolute Gasteiger partial charge is 0.243 e. The highest BCUT2D eigenvalue weighted by Gasteiger charge is 2.32. The third kappa shape index (κ3) is 5.56. The monoisotopic (exact) mass is 447 g/mol. The summed E-state index contributed by atoms with van der Waals surface area (Å²) >= 11 is 0. The number of hydrogen-bond acceptors (Lipinski definition) is 5. The molecular weight excluding hydrogens is 414 g/mol. The van der Waals surface area contributed by atoms with Gasteiger partial charge in [0.1, 0.15) is 5.76 Å². The zero-order chi connectivity index (χ0) is 22.8. The first-order valence-electron chi connectivity index (χ1n) is 10.6. The lowest BCUT2D eigenvalue weighted by Crippen LogP contribution is -2.51. The summed E-state index contributed by atoms with van der Waals surface area (Å²) in [7, 11) is -3.58. The van der Waals surface area contributed by atoms with Crippen LogP contribution in [-0.2, 0) is 26.8 Å². The van der Waals surface area contributed by atoms with Crippen molar-refractivity contribution in [2.45, 2.75) is 51.5 Å². The molecule has 1 N–H and O–H groups in total. The van der Waals surface area contributed by atoms with Gasteiger partial charge < -0.3 is 9.73 Å². The van der Waals surface area contributed by atoms with Crippen LogP contribution >= 0.6 is 0 Å². The van der Waals surface area contributed by atoms with Crippen molar-refractivity contribution < 1.29 is 17.6 Å². The molecule has 0 atom stereocenters. The highest BCUT2D eigenvalue weighted by Crippen LogP contribution is 2.31.